The Kier molecular flexibility index (Phi) is 7.92. The minimum absolute atomic E-state index is 0.0593. The van der Waals surface area contributed by atoms with Gasteiger partial charge in [-0.15, -0.1) is 11.8 Å². The number of thioether (sulfide) groups is 1. The molecule has 0 unspecified atom stereocenters. The topological polar surface area (TPSA) is 72.4 Å². The maximum atomic E-state index is 12.4. The van der Waals surface area contributed by atoms with E-state index >= 15 is 0 Å². The van der Waals surface area contributed by atoms with E-state index in [1.54, 1.807) is 31.4 Å². The summed E-state index contributed by atoms with van der Waals surface area (Å²) in [7, 11) is 1.60. The molecule has 0 aliphatic rings. The van der Waals surface area contributed by atoms with Crippen LogP contribution in [0.4, 0.5) is 5.69 Å². The van der Waals surface area contributed by atoms with E-state index in [0.717, 1.165) is 26.0 Å². The van der Waals surface area contributed by atoms with E-state index in [9.17, 15) is 9.59 Å². The molecule has 0 radical (unpaired) electrons. The second kappa shape index (κ2) is 11.3. The summed E-state index contributed by atoms with van der Waals surface area (Å²) >= 11 is 4.89. The molecule has 4 aromatic rings. The first-order chi connectivity index (χ1) is 16.5. The first kappa shape index (κ1) is 23.9. The molecule has 2 amide bonds. The zero-order valence-corrected chi connectivity index (χ0v) is 21.0. The number of halogens is 1. The van der Waals surface area contributed by atoms with Crippen molar-refractivity contribution >= 4 is 56.1 Å². The van der Waals surface area contributed by atoms with E-state index in [-0.39, 0.29) is 11.8 Å². The number of nitrogens with one attached hydrogen (secondary N) is 2. The average Bonchev–Trinajstić information content (AvgIpc) is 3.22. The van der Waals surface area contributed by atoms with Crippen molar-refractivity contribution in [2.24, 2.45) is 0 Å². The number of carbonyl (C=O) groups excluding carboxylic acids is 2. The van der Waals surface area contributed by atoms with E-state index in [1.165, 1.54) is 11.8 Å². The van der Waals surface area contributed by atoms with Crippen LogP contribution in [0.5, 0.6) is 5.75 Å². The van der Waals surface area contributed by atoms with Crippen LogP contribution < -0.4 is 15.4 Å². The Bertz CT molecular complexity index is 1290. The molecule has 2 N–H and O–H groups in total. The summed E-state index contributed by atoms with van der Waals surface area (Å²) in [6.07, 6.45) is 2.04. The predicted molar refractivity (Wildman–Crippen MR) is 141 cm³/mol. The van der Waals surface area contributed by atoms with Gasteiger partial charge in [-0.1, -0.05) is 34.1 Å². The molecule has 0 fully saturated rings. The number of carbonyl (C=O) groups is 2. The Morgan fingerprint density at radius 3 is 2.47 bits per heavy atom. The van der Waals surface area contributed by atoms with E-state index in [4.69, 9.17) is 4.74 Å². The number of rotatable bonds is 9. The Morgan fingerprint density at radius 2 is 1.74 bits per heavy atom. The maximum absolute atomic E-state index is 12.4. The van der Waals surface area contributed by atoms with Gasteiger partial charge in [0.05, 0.1) is 12.9 Å². The molecular formula is C26H24BrN3O3S. The van der Waals surface area contributed by atoms with E-state index in [1.807, 2.05) is 48.7 Å². The molecule has 6 nitrogen and oxygen atoms in total. The first-order valence-corrected chi connectivity index (χ1v) is 12.5. The fourth-order valence-electron chi connectivity index (χ4n) is 3.52. The summed E-state index contributed by atoms with van der Waals surface area (Å²) in [5.74, 6) is 0.832. The van der Waals surface area contributed by atoms with Crippen LogP contribution in [0.25, 0.3) is 10.9 Å². The second-order valence-electron chi connectivity index (χ2n) is 7.53. The third-order valence-electron chi connectivity index (χ3n) is 5.23. The lowest BCUT2D eigenvalue weighted by molar-refractivity contribution is -0.113. The van der Waals surface area contributed by atoms with Gasteiger partial charge in [-0.05, 0) is 54.6 Å². The van der Waals surface area contributed by atoms with Crippen molar-refractivity contribution in [2.45, 2.75) is 11.4 Å². The molecule has 34 heavy (non-hydrogen) atoms. The van der Waals surface area contributed by atoms with Crippen molar-refractivity contribution in [1.29, 1.82) is 0 Å². The number of hydrogen-bond acceptors (Lipinski definition) is 4. The quantitative estimate of drug-likeness (QED) is 0.273. The number of para-hydroxylation sites is 1. The first-order valence-electron chi connectivity index (χ1n) is 10.7. The van der Waals surface area contributed by atoms with Crippen LogP contribution in [0.3, 0.4) is 0 Å². The minimum Gasteiger partial charge on any atom is -0.497 e. The van der Waals surface area contributed by atoms with Gasteiger partial charge in [0.2, 0.25) is 5.91 Å². The highest BCUT2D eigenvalue weighted by Crippen LogP contribution is 2.30. The molecule has 8 heteroatoms. The number of hydrogen-bond donors (Lipinski definition) is 2. The third kappa shape index (κ3) is 6.01. The van der Waals surface area contributed by atoms with Crippen LogP contribution in [0.2, 0.25) is 0 Å². The number of anilines is 1. The van der Waals surface area contributed by atoms with Crippen LogP contribution in [0.15, 0.2) is 88.4 Å². The van der Waals surface area contributed by atoms with Gasteiger partial charge in [-0.25, -0.2) is 0 Å². The Hall–Kier alpha value is -3.23. The molecule has 0 aliphatic heterocycles. The van der Waals surface area contributed by atoms with Crippen LogP contribution in [-0.4, -0.2) is 35.8 Å². The van der Waals surface area contributed by atoms with E-state index < -0.39 is 0 Å². The summed E-state index contributed by atoms with van der Waals surface area (Å²) in [5, 5.41) is 6.97. The molecule has 0 spiro atoms. The van der Waals surface area contributed by atoms with Crippen LogP contribution in [0.1, 0.15) is 10.4 Å². The van der Waals surface area contributed by atoms with Crippen LogP contribution in [-0.2, 0) is 11.3 Å². The standard InChI is InChI=1S/C26H24BrN3O3S/c1-33-21-12-6-18(7-13-21)26(32)28-14-15-30-16-24(22-4-2-3-5-23(22)30)34-17-25(31)29-20-10-8-19(27)9-11-20/h2-13,16H,14-15,17H2,1H3,(H,28,32)(H,29,31). The number of nitrogens with zero attached hydrogens (tertiary/aromatic N) is 1. The zero-order valence-electron chi connectivity index (χ0n) is 18.6. The summed E-state index contributed by atoms with van der Waals surface area (Å²) < 4.78 is 8.21. The Balaban J connectivity index is 1.36. The summed E-state index contributed by atoms with van der Waals surface area (Å²) in [6.45, 7) is 1.10. The number of fused-ring (bicyclic) bond motifs is 1. The van der Waals surface area contributed by atoms with Crippen LogP contribution >= 0.6 is 27.7 Å². The molecule has 1 aromatic heterocycles. The van der Waals surface area contributed by atoms with Gasteiger partial charge in [0.1, 0.15) is 5.75 Å². The average molecular weight is 538 g/mol. The number of amides is 2. The van der Waals surface area contributed by atoms with Crippen molar-refractivity contribution < 1.29 is 14.3 Å². The van der Waals surface area contributed by atoms with Crippen molar-refractivity contribution in [1.82, 2.24) is 9.88 Å². The highest BCUT2D eigenvalue weighted by atomic mass is 79.9. The van der Waals surface area contributed by atoms with Gasteiger partial charge < -0.3 is 19.9 Å². The highest BCUT2D eigenvalue weighted by molar-refractivity contribution is 9.10. The Morgan fingerprint density at radius 1 is 1.00 bits per heavy atom. The fourth-order valence-corrected chi connectivity index (χ4v) is 4.67. The normalized spacial score (nSPS) is 10.8. The van der Waals surface area contributed by atoms with Crippen molar-refractivity contribution in [3.8, 4) is 5.75 Å². The van der Waals surface area contributed by atoms with Gasteiger partial charge in [0.15, 0.2) is 0 Å². The number of benzene rings is 3. The number of aromatic nitrogens is 1. The predicted octanol–water partition coefficient (Wildman–Crippen LogP) is 5.57. The van der Waals surface area contributed by atoms with Crippen molar-refractivity contribution in [3.05, 3.63) is 89.0 Å². The molecule has 0 saturated heterocycles. The molecule has 0 saturated carbocycles. The largest absolute Gasteiger partial charge is 0.497 e. The third-order valence-corrected chi connectivity index (χ3v) is 6.80. The maximum Gasteiger partial charge on any atom is 0.251 e. The molecule has 0 aliphatic carbocycles. The molecule has 174 valence electrons. The Labute approximate surface area is 210 Å². The molecule has 0 bridgehead atoms. The van der Waals surface area contributed by atoms with Gasteiger partial charge in [-0.2, -0.15) is 0 Å². The molecule has 3 aromatic carbocycles. The lowest BCUT2D eigenvalue weighted by Gasteiger charge is -2.08. The summed E-state index contributed by atoms with van der Waals surface area (Å²) in [6, 6.07) is 22.6. The van der Waals surface area contributed by atoms with E-state index in [0.29, 0.717) is 30.2 Å². The monoisotopic (exact) mass is 537 g/mol. The van der Waals surface area contributed by atoms with Gasteiger partial charge >= 0.3 is 0 Å². The SMILES string of the molecule is COc1ccc(C(=O)NCCn2cc(SCC(=O)Nc3ccc(Br)cc3)c3ccccc32)cc1. The molecule has 0 atom stereocenters. The lowest BCUT2D eigenvalue weighted by atomic mass is 10.2. The number of methoxy groups -OCH3 is 1. The van der Waals surface area contributed by atoms with E-state index in [2.05, 4.69) is 37.2 Å². The fraction of sp³-hybridized carbons (Fsp3) is 0.154. The smallest absolute Gasteiger partial charge is 0.251 e. The molecule has 4 rings (SSSR count). The number of ether oxygens (including phenoxy) is 1. The zero-order chi connectivity index (χ0) is 23.9. The minimum atomic E-state index is -0.127. The van der Waals surface area contributed by atoms with Gasteiger partial charge in [0.25, 0.3) is 5.91 Å². The summed E-state index contributed by atoms with van der Waals surface area (Å²) in [4.78, 5) is 25.9. The molecule has 1 heterocycles. The van der Waals surface area contributed by atoms with Gasteiger partial charge in [-0.3, -0.25) is 9.59 Å². The second-order valence-corrected chi connectivity index (χ2v) is 9.46. The van der Waals surface area contributed by atoms with Crippen molar-refractivity contribution in [2.75, 3.05) is 24.7 Å². The lowest BCUT2D eigenvalue weighted by Crippen LogP contribution is -2.27. The van der Waals surface area contributed by atoms with Crippen molar-refractivity contribution in [3.63, 3.8) is 0 Å². The molecular weight excluding hydrogens is 514 g/mol. The van der Waals surface area contributed by atoms with Crippen LogP contribution in [0, 0.1) is 0 Å². The highest BCUT2D eigenvalue weighted by Gasteiger charge is 2.12. The van der Waals surface area contributed by atoms with Gasteiger partial charge in [0, 0.05) is 50.8 Å². The summed E-state index contributed by atoms with van der Waals surface area (Å²) in [5.41, 5.74) is 2.42.